The average Bonchev–Trinajstić information content (AvgIpc) is 3.00. The number of aliphatic hydroxyl groups is 2. The van der Waals surface area contributed by atoms with Crippen LogP contribution in [0.4, 0.5) is 0 Å². The van der Waals surface area contributed by atoms with Gasteiger partial charge in [-0.3, -0.25) is 9.59 Å². The molecule has 15 heavy (non-hydrogen) atoms. The van der Waals surface area contributed by atoms with E-state index in [0.29, 0.717) is 0 Å². The van der Waals surface area contributed by atoms with Crippen LogP contribution < -0.4 is 0 Å². The van der Waals surface area contributed by atoms with Gasteiger partial charge in [0.05, 0.1) is 19.1 Å². The molecule has 1 aliphatic carbocycles. The van der Waals surface area contributed by atoms with Gasteiger partial charge < -0.3 is 20.4 Å². The van der Waals surface area contributed by atoms with E-state index in [1.807, 2.05) is 0 Å². The largest absolute Gasteiger partial charge is 0.483 e. The molecule has 0 atom stereocenters. The van der Waals surface area contributed by atoms with Crippen molar-refractivity contribution in [1.29, 1.82) is 0 Å². The zero-order valence-electron chi connectivity index (χ0n) is 8.24. The number of hydrogen-bond donors (Lipinski definition) is 4. The Hall–Kier alpha value is -1.40. The van der Waals surface area contributed by atoms with Crippen LogP contribution in [0.15, 0.2) is 12.2 Å². The van der Waals surface area contributed by atoms with Gasteiger partial charge in [0.1, 0.15) is 0 Å². The molecule has 4 N–H and O–H groups in total. The predicted molar refractivity (Wildman–Crippen MR) is 52.4 cm³/mol. The van der Waals surface area contributed by atoms with Gasteiger partial charge in [-0.1, -0.05) is 12.2 Å². The van der Waals surface area contributed by atoms with Gasteiger partial charge in [0, 0.05) is 0 Å². The van der Waals surface area contributed by atoms with Crippen molar-refractivity contribution in [3.63, 3.8) is 0 Å². The Labute approximate surface area is 87.5 Å². The minimum Gasteiger partial charge on any atom is -0.483 e. The van der Waals surface area contributed by atoms with Crippen molar-refractivity contribution in [2.75, 3.05) is 13.2 Å². The molecule has 0 radical (unpaired) electrons. The van der Waals surface area contributed by atoms with Crippen molar-refractivity contribution in [1.82, 2.24) is 0 Å². The van der Waals surface area contributed by atoms with Crippen LogP contribution in [-0.2, 0) is 9.59 Å². The van der Waals surface area contributed by atoms with Gasteiger partial charge in [-0.05, 0) is 12.8 Å². The van der Waals surface area contributed by atoms with Crippen LogP contribution in [0.2, 0.25) is 0 Å². The molecule has 1 fully saturated rings. The van der Waals surface area contributed by atoms with Crippen LogP contribution in [0.1, 0.15) is 12.8 Å². The second-order valence-corrected chi connectivity index (χ2v) is 2.55. The Balaban J connectivity index is 0. The lowest BCUT2D eigenvalue weighted by Crippen LogP contribution is -1.94. The van der Waals surface area contributed by atoms with E-state index in [2.05, 4.69) is 0 Å². The molecular formula is C9H16O6. The molecule has 0 unspecified atom stereocenters. The molecular weight excluding hydrogens is 204 g/mol. The number of aliphatic carboxylic acids is 1. The van der Waals surface area contributed by atoms with E-state index in [1.165, 1.54) is 12.2 Å². The van der Waals surface area contributed by atoms with Crippen molar-refractivity contribution in [2.24, 2.45) is 5.92 Å². The highest BCUT2D eigenvalue weighted by Crippen LogP contribution is 2.28. The van der Waals surface area contributed by atoms with E-state index < -0.39 is 5.97 Å². The summed E-state index contributed by atoms with van der Waals surface area (Å²) in [6, 6.07) is 0. The number of carboxylic acid groups (broad SMARTS) is 2. The number of aliphatic hydroxyl groups excluding tert-OH is 2. The highest BCUT2D eigenvalue weighted by atomic mass is 16.4. The second-order valence-electron chi connectivity index (χ2n) is 2.55. The summed E-state index contributed by atoms with van der Waals surface area (Å²) < 4.78 is 0. The van der Waals surface area contributed by atoms with E-state index in [1.54, 1.807) is 0 Å². The monoisotopic (exact) mass is 220 g/mol. The van der Waals surface area contributed by atoms with Crippen LogP contribution >= 0.6 is 0 Å². The normalized spacial score (nSPS) is 13.2. The molecule has 0 aromatic rings. The molecule has 0 amide bonds. The minimum atomic E-state index is -0.630. The molecule has 1 rings (SSSR count). The van der Waals surface area contributed by atoms with Gasteiger partial charge in [0.2, 0.25) is 0 Å². The number of rotatable bonds is 3. The Kier molecular flexibility index (Phi) is 13.5. The molecule has 0 heterocycles. The highest BCUT2D eigenvalue weighted by molar-refractivity contribution is 5.72. The summed E-state index contributed by atoms with van der Waals surface area (Å²) in [7, 11) is 0. The van der Waals surface area contributed by atoms with Crippen molar-refractivity contribution in [2.45, 2.75) is 12.8 Å². The molecule has 0 aromatic heterocycles. The summed E-state index contributed by atoms with van der Waals surface area (Å²) in [4.78, 5) is 18.1. The third-order valence-corrected chi connectivity index (χ3v) is 1.30. The first-order chi connectivity index (χ1) is 7.13. The zero-order chi connectivity index (χ0) is 12.1. The molecule has 0 bridgehead atoms. The molecule has 0 aromatic carbocycles. The molecule has 0 saturated heterocycles. The first kappa shape index (κ1) is 16.0. The van der Waals surface area contributed by atoms with Gasteiger partial charge >= 0.3 is 5.97 Å². The van der Waals surface area contributed by atoms with Crippen molar-refractivity contribution < 1.29 is 30.0 Å². The quantitative estimate of drug-likeness (QED) is 0.383. The van der Waals surface area contributed by atoms with Gasteiger partial charge in [-0.2, -0.15) is 0 Å². The van der Waals surface area contributed by atoms with Crippen LogP contribution in [-0.4, -0.2) is 46.1 Å². The third-order valence-electron chi connectivity index (χ3n) is 1.30. The number of carboxylic acids is 1. The fraction of sp³-hybridized carbons (Fsp3) is 0.556. The minimum absolute atomic E-state index is 0.0144. The Morgan fingerprint density at radius 2 is 1.53 bits per heavy atom. The lowest BCUT2D eigenvalue weighted by molar-refractivity contribution is -0.138. The fourth-order valence-corrected chi connectivity index (χ4v) is 0.479. The average molecular weight is 220 g/mol. The zero-order valence-corrected chi connectivity index (χ0v) is 8.24. The summed E-state index contributed by atoms with van der Waals surface area (Å²) in [5.41, 5.74) is 0. The van der Waals surface area contributed by atoms with E-state index in [4.69, 9.17) is 25.2 Å². The van der Waals surface area contributed by atoms with E-state index >= 15 is 0 Å². The van der Waals surface area contributed by atoms with Crippen molar-refractivity contribution >= 4 is 12.4 Å². The molecule has 1 aliphatic rings. The maximum absolute atomic E-state index is 9.76. The highest BCUT2D eigenvalue weighted by Gasteiger charge is 2.28. The van der Waals surface area contributed by atoms with Gasteiger partial charge in [-0.25, -0.2) is 0 Å². The Morgan fingerprint density at radius 1 is 1.20 bits per heavy atom. The van der Waals surface area contributed by atoms with Crippen molar-refractivity contribution in [3.05, 3.63) is 12.2 Å². The second kappa shape index (κ2) is 12.6. The molecule has 6 nitrogen and oxygen atoms in total. The molecule has 88 valence electrons. The van der Waals surface area contributed by atoms with Crippen LogP contribution in [0.5, 0.6) is 0 Å². The smallest absolute Gasteiger partial charge is 0.306 e. The standard InChI is InChI=1S/C4H6O2.C4H8O2.CH2O2/c5-4(6)3-1-2-3;5-3-1-2-4-6;2-1-3/h3H,1-2H2,(H,5,6);1-2,5-6H,3-4H2;1H,(H,2,3). The molecule has 1 saturated carbocycles. The Morgan fingerprint density at radius 3 is 1.60 bits per heavy atom. The fourth-order valence-electron chi connectivity index (χ4n) is 0.479. The number of carbonyl (C=O) groups is 2. The summed E-state index contributed by atoms with van der Waals surface area (Å²) >= 11 is 0. The summed E-state index contributed by atoms with van der Waals surface area (Å²) in [6.45, 7) is -0.221. The summed E-state index contributed by atoms with van der Waals surface area (Å²) in [6.07, 6.45) is 4.77. The maximum atomic E-state index is 9.76. The predicted octanol–water partition coefficient (Wildman–Crippen LogP) is -0.291. The van der Waals surface area contributed by atoms with Gasteiger partial charge in [-0.15, -0.1) is 0 Å². The van der Waals surface area contributed by atoms with Crippen LogP contribution in [0, 0.1) is 5.92 Å². The Bertz CT molecular complexity index is 179. The first-order valence-electron chi connectivity index (χ1n) is 4.31. The topological polar surface area (TPSA) is 115 Å². The van der Waals surface area contributed by atoms with Crippen LogP contribution in [0.25, 0.3) is 0 Å². The SMILES string of the molecule is O=C(O)C1CC1.O=CO.OCC=CCO. The van der Waals surface area contributed by atoms with Gasteiger partial charge in [0.15, 0.2) is 0 Å². The maximum Gasteiger partial charge on any atom is 0.306 e. The molecule has 0 aliphatic heterocycles. The molecule has 0 spiro atoms. The lowest BCUT2D eigenvalue weighted by atomic mass is 10.5. The van der Waals surface area contributed by atoms with Crippen LogP contribution in [0.3, 0.4) is 0 Å². The lowest BCUT2D eigenvalue weighted by Gasteiger charge is -1.75. The number of hydrogen-bond acceptors (Lipinski definition) is 4. The van der Waals surface area contributed by atoms with Crippen molar-refractivity contribution in [3.8, 4) is 0 Å². The summed E-state index contributed by atoms with van der Waals surface area (Å²) in [5, 5.41) is 30.9. The van der Waals surface area contributed by atoms with E-state index in [-0.39, 0.29) is 25.6 Å². The van der Waals surface area contributed by atoms with E-state index in [0.717, 1.165) is 12.8 Å². The summed E-state index contributed by atoms with van der Waals surface area (Å²) in [5.74, 6) is -0.611. The third kappa shape index (κ3) is 19.1. The molecule has 6 heteroatoms. The van der Waals surface area contributed by atoms with E-state index in [9.17, 15) is 4.79 Å². The first-order valence-corrected chi connectivity index (χ1v) is 4.31. The van der Waals surface area contributed by atoms with Gasteiger partial charge in [0.25, 0.3) is 6.47 Å².